The van der Waals surface area contributed by atoms with Gasteiger partial charge in [-0.3, -0.25) is 4.79 Å². The van der Waals surface area contributed by atoms with E-state index >= 15 is 0 Å². The average molecular weight is 409 g/mol. The lowest BCUT2D eigenvalue weighted by Crippen LogP contribution is -2.29. The molecule has 1 heterocycles. The van der Waals surface area contributed by atoms with Gasteiger partial charge in [0.2, 0.25) is 0 Å². The van der Waals surface area contributed by atoms with Crippen LogP contribution in [0.3, 0.4) is 0 Å². The van der Waals surface area contributed by atoms with Crippen LogP contribution in [0.15, 0.2) is 63.8 Å². The van der Waals surface area contributed by atoms with Crippen molar-refractivity contribution in [2.75, 3.05) is 19.8 Å². The Morgan fingerprint density at radius 3 is 2.73 bits per heavy atom. The van der Waals surface area contributed by atoms with Crippen molar-refractivity contribution in [1.82, 2.24) is 5.32 Å². The van der Waals surface area contributed by atoms with E-state index < -0.39 is 17.5 Å². The van der Waals surface area contributed by atoms with Gasteiger partial charge < -0.3 is 19.2 Å². The van der Waals surface area contributed by atoms with Crippen molar-refractivity contribution in [2.45, 2.75) is 19.8 Å². The second kappa shape index (κ2) is 10.2. The number of benzene rings is 2. The number of nitrogens with one attached hydrogen (secondary N) is 1. The zero-order valence-corrected chi connectivity index (χ0v) is 16.7. The number of rotatable bonds is 9. The number of fused-ring (bicyclic) bond motifs is 1. The minimum absolute atomic E-state index is 0.0617. The van der Waals surface area contributed by atoms with Crippen molar-refractivity contribution in [3.63, 3.8) is 0 Å². The first-order chi connectivity index (χ1) is 14.6. The molecule has 7 nitrogen and oxygen atoms in total. The van der Waals surface area contributed by atoms with Crippen LogP contribution in [-0.4, -0.2) is 31.6 Å². The molecule has 156 valence electrons. The van der Waals surface area contributed by atoms with E-state index in [1.165, 1.54) is 6.07 Å². The zero-order valence-electron chi connectivity index (χ0n) is 16.7. The van der Waals surface area contributed by atoms with E-state index in [4.69, 9.17) is 13.9 Å². The predicted octanol–water partition coefficient (Wildman–Crippen LogP) is 3.10. The summed E-state index contributed by atoms with van der Waals surface area (Å²) in [6.45, 7) is 2.23. The molecule has 0 aliphatic heterocycles. The number of carbonyl (C=O) groups is 2. The van der Waals surface area contributed by atoms with Gasteiger partial charge in [0.15, 0.2) is 6.61 Å². The van der Waals surface area contributed by atoms with Crippen LogP contribution in [0.4, 0.5) is 0 Å². The monoisotopic (exact) mass is 409 g/mol. The Kier molecular flexibility index (Phi) is 7.21. The predicted molar refractivity (Wildman–Crippen MR) is 112 cm³/mol. The maximum Gasteiger partial charge on any atom is 0.349 e. The van der Waals surface area contributed by atoms with Crippen LogP contribution in [0.1, 0.15) is 29.3 Å². The van der Waals surface area contributed by atoms with Gasteiger partial charge in [0.25, 0.3) is 5.91 Å². The Labute approximate surface area is 173 Å². The van der Waals surface area contributed by atoms with Crippen LogP contribution in [0, 0.1) is 0 Å². The Bertz CT molecular complexity index is 1090. The first kappa shape index (κ1) is 21.1. The standard InChI is InChI=1S/C23H23NO6/c1-2-16-7-5-9-18(13-16)29-15-21(25)28-12-6-11-24-22(26)19-14-17-8-3-4-10-20(17)30-23(19)27/h3-5,7-10,13-14H,2,6,11-12,15H2,1H3,(H,24,26). The van der Waals surface area contributed by atoms with Crippen LogP contribution in [0.5, 0.6) is 5.75 Å². The summed E-state index contributed by atoms with van der Waals surface area (Å²) in [7, 11) is 0. The van der Waals surface area contributed by atoms with Gasteiger partial charge in [0, 0.05) is 11.9 Å². The molecule has 1 aromatic heterocycles. The third-order valence-electron chi connectivity index (χ3n) is 4.42. The van der Waals surface area contributed by atoms with Gasteiger partial charge >= 0.3 is 11.6 Å². The number of para-hydroxylation sites is 1. The van der Waals surface area contributed by atoms with Crippen molar-refractivity contribution in [3.05, 3.63) is 76.1 Å². The molecule has 1 amide bonds. The minimum atomic E-state index is -0.693. The largest absolute Gasteiger partial charge is 0.482 e. The molecule has 0 saturated carbocycles. The molecule has 1 N–H and O–H groups in total. The summed E-state index contributed by atoms with van der Waals surface area (Å²) >= 11 is 0. The molecule has 0 aliphatic rings. The summed E-state index contributed by atoms with van der Waals surface area (Å²) in [5, 5.41) is 3.29. The maximum atomic E-state index is 12.2. The van der Waals surface area contributed by atoms with Crippen LogP contribution < -0.4 is 15.7 Å². The number of esters is 1. The molecule has 0 aliphatic carbocycles. The van der Waals surface area contributed by atoms with E-state index in [9.17, 15) is 14.4 Å². The molecule has 0 bridgehead atoms. The lowest BCUT2D eigenvalue weighted by Gasteiger charge is -2.08. The Morgan fingerprint density at radius 1 is 1.07 bits per heavy atom. The maximum absolute atomic E-state index is 12.2. The van der Waals surface area contributed by atoms with Crippen molar-refractivity contribution >= 4 is 22.8 Å². The van der Waals surface area contributed by atoms with E-state index in [0.717, 1.165) is 12.0 Å². The molecule has 0 saturated heterocycles. The second-order valence-electron chi connectivity index (χ2n) is 6.60. The summed E-state index contributed by atoms with van der Waals surface area (Å²) in [5.41, 5.74) is 0.794. The van der Waals surface area contributed by atoms with E-state index in [-0.39, 0.29) is 25.3 Å². The molecule has 30 heavy (non-hydrogen) atoms. The van der Waals surface area contributed by atoms with Crippen LogP contribution in [0.2, 0.25) is 0 Å². The Hall–Kier alpha value is -3.61. The minimum Gasteiger partial charge on any atom is -0.482 e. The van der Waals surface area contributed by atoms with Gasteiger partial charge in [-0.25, -0.2) is 9.59 Å². The first-order valence-electron chi connectivity index (χ1n) is 9.75. The number of hydrogen-bond donors (Lipinski definition) is 1. The lowest BCUT2D eigenvalue weighted by atomic mass is 10.2. The number of carbonyl (C=O) groups excluding carboxylic acids is 2. The molecule has 3 rings (SSSR count). The summed E-state index contributed by atoms with van der Waals surface area (Å²) in [5.74, 6) is -0.397. The molecular formula is C23H23NO6. The quantitative estimate of drug-likeness (QED) is 0.332. The van der Waals surface area contributed by atoms with E-state index in [1.807, 2.05) is 25.1 Å². The molecule has 3 aromatic rings. The van der Waals surface area contributed by atoms with Crippen molar-refractivity contribution < 1.29 is 23.5 Å². The summed E-state index contributed by atoms with van der Waals surface area (Å²) in [6.07, 6.45) is 1.29. The number of aryl methyl sites for hydroxylation is 1. The topological polar surface area (TPSA) is 94.8 Å². The normalized spacial score (nSPS) is 10.6. The molecule has 2 aromatic carbocycles. The Morgan fingerprint density at radius 2 is 1.90 bits per heavy atom. The molecule has 7 heteroatoms. The number of ether oxygens (including phenoxy) is 2. The van der Waals surface area contributed by atoms with E-state index in [2.05, 4.69) is 5.32 Å². The summed E-state index contributed by atoms with van der Waals surface area (Å²) in [4.78, 5) is 36.0. The fourth-order valence-electron chi connectivity index (χ4n) is 2.81. The highest BCUT2D eigenvalue weighted by atomic mass is 16.6. The zero-order chi connectivity index (χ0) is 21.3. The third kappa shape index (κ3) is 5.70. The van der Waals surface area contributed by atoms with Crippen molar-refractivity contribution in [3.8, 4) is 5.75 Å². The van der Waals surface area contributed by atoms with Gasteiger partial charge in [-0.15, -0.1) is 0 Å². The number of amides is 1. The second-order valence-corrected chi connectivity index (χ2v) is 6.60. The van der Waals surface area contributed by atoms with Gasteiger partial charge in [-0.05, 0) is 42.7 Å². The van der Waals surface area contributed by atoms with Crippen molar-refractivity contribution in [1.29, 1.82) is 0 Å². The van der Waals surface area contributed by atoms with E-state index in [0.29, 0.717) is 23.1 Å². The summed E-state index contributed by atoms with van der Waals surface area (Å²) in [6, 6.07) is 16.0. The van der Waals surface area contributed by atoms with Crippen LogP contribution in [0.25, 0.3) is 11.0 Å². The molecule has 0 unspecified atom stereocenters. The van der Waals surface area contributed by atoms with Gasteiger partial charge in [0.1, 0.15) is 16.9 Å². The highest BCUT2D eigenvalue weighted by Crippen LogP contribution is 2.14. The van der Waals surface area contributed by atoms with Gasteiger partial charge in [0.05, 0.1) is 6.61 Å². The smallest absolute Gasteiger partial charge is 0.349 e. The highest BCUT2D eigenvalue weighted by Gasteiger charge is 2.13. The highest BCUT2D eigenvalue weighted by molar-refractivity contribution is 5.96. The SMILES string of the molecule is CCc1cccc(OCC(=O)OCCCNC(=O)c2cc3ccccc3oc2=O)c1. The number of hydrogen-bond acceptors (Lipinski definition) is 6. The molecular weight excluding hydrogens is 386 g/mol. The van der Waals surface area contributed by atoms with Gasteiger partial charge in [-0.2, -0.15) is 0 Å². The molecule has 0 spiro atoms. The van der Waals surface area contributed by atoms with Crippen LogP contribution in [-0.2, 0) is 16.0 Å². The fraction of sp³-hybridized carbons (Fsp3) is 0.261. The average Bonchev–Trinajstić information content (AvgIpc) is 2.77. The molecule has 0 radical (unpaired) electrons. The Balaban J connectivity index is 1.38. The molecule has 0 atom stereocenters. The summed E-state index contributed by atoms with van der Waals surface area (Å²) < 4.78 is 15.7. The van der Waals surface area contributed by atoms with Crippen LogP contribution >= 0.6 is 0 Å². The van der Waals surface area contributed by atoms with Crippen molar-refractivity contribution in [2.24, 2.45) is 0 Å². The lowest BCUT2D eigenvalue weighted by molar-refractivity contribution is -0.146. The first-order valence-corrected chi connectivity index (χ1v) is 9.75. The third-order valence-corrected chi connectivity index (χ3v) is 4.42. The fourth-order valence-corrected chi connectivity index (χ4v) is 2.81. The molecule has 0 fully saturated rings. The van der Waals surface area contributed by atoms with E-state index in [1.54, 1.807) is 30.3 Å². The van der Waals surface area contributed by atoms with Gasteiger partial charge in [-0.1, -0.05) is 37.3 Å².